The highest BCUT2D eigenvalue weighted by atomic mass is 16.5. The van der Waals surface area contributed by atoms with E-state index in [1.54, 1.807) is 0 Å². The number of ketones is 1. The van der Waals surface area contributed by atoms with Crippen molar-refractivity contribution in [2.45, 2.75) is 30.5 Å². The van der Waals surface area contributed by atoms with Crippen LogP contribution >= 0.6 is 0 Å². The first-order valence-corrected chi connectivity index (χ1v) is 8.73. The maximum atomic E-state index is 12.8. The lowest BCUT2D eigenvalue weighted by Crippen LogP contribution is -2.55. The van der Waals surface area contributed by atoms with E-state index in [0.717, 1.165) is 18.2 Å². The van der Waals surface area contributed by atoms with Gasteiger partial charge in [0.05, 0.1) is 12.2 Å². The van der Waals surface area contributed by atoms with E-state index in [1.807, 2.05) is 0 Å². The second kappa shape index (κ2) is 7.97. The van der Waals surface area contributed by atoms with Gasteiger partial charge in [-0.05, 0) is 18.2 Å². The first-order valence-electron chi connectivity index (χ1n) is 8.73. The molecular weight excluding hydrogens is 404 g/mol. The molecule has 2 aromatic rings. The van der Waals surface area contributed by atoms with Crippen LogP contribution in [0.25, 0.3) is 0 Å². The molecule has 1 saturated heterocycles. The van der Waals surface area contributed by atoms with Gasteiger partial charge in [0.2, 0.25) is 5.78 Å². The van der Waals surface area contributed by atoms with Crippen LogP contribution in [0.15, 0.2) is 24.3 Å². The molecule has 1 heterocycles. The molecule has 3 rings (SSSR count). The van der Waals surface area contributed by atoms with Crippen molar-refractivity contribution in [1.29, 1.82) is 0 Å². The maximum absolute atomic E-state index is 12.8. The Morgan fingerprint density at radius 1 is 0.833 bits per heavy atom. The Morgan fingerprint density at radius 3 is 2.10 bits per heavy atom. The highest BCUT2D eigenvalue weighted by Gasteiger charge is 2.46. The first-order chi connectivity index (χ1) is 14.1. The third-order valence-electron chi connectivity index (χ3n) is 4.94. The van der Waals surface area contributed by atoms with Crippen LogP contribution in [0.4, 0.5) is 0 Å². The van der Waals surface area contributed by atoms with Crippen LogP contribution in [0, 0.1) is 0 Å². The first kappa shape index (κ1) is 21.6. The number of aliphatic hydroxyl groups excluding tert-OH is 4. The minimum Gasteiger partial charge on any atom is -0.507 e. The monoisotopic (exact) mass is 424 g/mol. The van der Waals surface area contributed by atoms with Crippen LogP contribution in [0.1, 0.15) is 27.6 Å². The van der Waals surface area contributed by atoms with E-state index in [9.17, 15) is 50.8 Å². The Bertz CT molecular complexity index is 971. The number of aliphatic hydroxyl groups is 4. The van der Waals surface area contributed by atoms with Gasteiger partial charge in [-0.15, -0.1) is 0 Å². The average molecular weight is 424 g/mol. The zero-order valence-electron chi connectivity index (χ0n) is 15.2. The molecule has 0 saturated carbocycles. The Balaban J connectivity index is 2.11. The van der Waals surface area contributed by atoms with Crippen molar-refractivity contribution >= 4 is 5.78 Å². The molecule has 2 aromatic carbocycles. The molecule has 0 spiro atoms. The van der Waals surface area contributed by atoms with Crippen molar-refractivity contribution < 1.29 is 55.5 Å². The summed E-state index contributed by atoms with van der Waals surface area (Å²) in [7, 11) is 0. The fourth-order valence-electron chi connectivity index (χ4n) is 3.31. The van der Waals surface area contributed by atoms with Crippen LogP contribution in [-0.2, 0) is 4.74 Å². The molecule has 0 amide bonds. The van der Waals surface area contributed by atoms with Crippen molar-refractivity contribution in [3.05, 3.63) is 41.0 Å². The Labute approximate surface area is 168 Å². The molecular formula is C19H20O11. The zero-order valence-corrected chi connectivity index (χ0v) is 15.2. The summed E-state index contributed by atoms with van der Waals surface area (Å²) in [4.78, 5) is 12.8. The average Bonchev–Trinajstić information content (AvgIpc) is 2.69. The van der Waals surface area contributed by atoms with Crippen molar-refractivity contribution in [3.63, 3.8) is 0 Å². The smallest absolute Gasteiger partial charge is 0.200 e. The van der Waals surface area contributed by atoms with Gasteiger partial charge in [-0.2, -0.15) is 0 Å². The van der Waals surface area contributed by atoms with Crippen molar-refractivity contribution in [2.75, 3.05) is 6.61 Å². The van der Waals surface area contributed by atoms with Crippen LogP contribution in [0.3, 0.4) is 0 Å². The van der Waals surface area contributed by atoms with Crippen molar-refractivity contribution in [1.82, 2.24) is 0 Å². The van der Waals surface area contributed by atoms with E-state index in [-0.39, 0.29) is 5.56 Å². The largest absolute Gasteiger partial charge is 0.507 e. The summed E-state index contributed by atoms with van der Waals surface area (Å²) in [6.45, 7) is -0.764. The summed E-state index contributed by atoms with van der Waals surface area (Å²) in [5.41, 5.74) is -1.53. The van der Waals surface area contributed by atoms with Crippen LogP contribution < -0.4 is 0 Å². The standard InChI is InChI=1S/C19H20O11/c20-5-11-15(26)17(28)18(29)19(30-11)13-10(24)4-9(23)12(16(13)27)14(25)6-1-2-7(21)8(22)3-6/h1-4,11,15,17-24,26-29H,5H2/t11?,15?,17-,18?,19?/m0/s1. The number of phenolic OH excluding ortho intramolecular Hbond substituents is 5. The summed E-state index contributed by atoms with van der Waals surface area (Å²) in [5.74, 6) is -4.77. The molecule has 11 heteroatoms. The highest BCUT2D eigenvalue weighted by Crippen LogP contribution is 2.46. The fourth-order valence-corrected chi connectivity index (χ4v) is 3.31. The molecule has 5 atom stereocenters. The van der Waals surface area contributed by atoms with Gasteiger partial charge in [0.1, 0.15) is 53.3 Å². The minimum atomic E-state index is -1.87. The van der Waals surface area contributed by atoms with E-state index in [2.05, 4.69) is 0 Å². The summed E-state index contributed by atoms with van der Waals surface area (Å²) < 4.78 is 5.30. The quantitative estimate of drug-likeness (QED) is 0.214. The fraction of sp³-hybridized carbons (Fsp3) is 0.316. The normalized spacial score (nSPS) is 26.5. The lowest BCUT2D eigenvalue weighted by molar-refractivity contribution is -0.232. The molecule has 0 bridgehead atoms. The van der Waals surface area contributed by atoms with Crippen molar-refractivity contribution in [3.8, 4) is 28.7 Å². The zero-order chi connectivity index (χ0) is 22.3. The Morgan fingerprint density at radius 2 is 1.50 bits per heavy atom. The second-order valence-corrected chi connectivity index (χ2v) is 6.83. The molecule has 1 fully saturated rings. The molecule has 4 unspecified atom stereocenters. The lowest BCUT2D eigenvalue weighted by Gasteiger charge is -2.40. The number of ether oxygens (including phenoxy) is 1. The molecule has 162 valence electrons. The molecule has 0 aliphatic carbocycles. The van der Waals surface area contributed by atoms with Gasteiger partial charge in [0, 0.05) is 11.6 Å². The minimum absolute atomic E-state index is 0.235. The Kier molecular flexibility index (Phi) is 5.74. The number of benzene rings is 2. The van der Waals surface area contributed by atoms with Gasteiger partial charge < -0.3 is 50.7 Å². The summed E-state index contributed by atoms with van der Waals surface area (Å²) in [5, 5.41) is 89.3. The molecule has 1 aliphatic heterocycles. The molecule has 0 aromatic heterocycles. The third-order valence-corrected chi connectivity index (χ3v) is 4.94. The predicted octanol–water partition coefficient (Wildman–Crippen LogP) is -1.04. The summed E-state index contributed by atoms with van der Waals surface area (Å²) in [6.07, 6.45) is -8.41. The SMILES string of the molecule is O=C(c1ccc(O)c(O)c1)c1c(O)cc(O)c(C2OC(CO)C(O)[C@H](O)C2O)c1O. The van der Waals surface area contributed by atoms with Crippen molar-refractivity contribution in [2.24, 2.45) is 0 Å². The van der Waals surface area contributed by atoms with Gasteiger partial charge in [0.25, 0.3) is 0 Å². The van der Waals surface area contributed by atoms with Gasteiger partial charge in [-0.1, -0.05) is 0 Å². The van der Waals surface area contributed by atoms with Crippen LogP contribution in [-0.4, -0.2) is 82.8 Å². The molecule has 0 radical (unpaired) electrons. The summed E-state index contributed by atoms with van der Waals surface area (Å²) in [6, 6.07) is 3.70. The molecule has 11 nitrogen and oxygen atoms in total. The number of hydrogen-bond acceptors (Lipinski definition) is 11. The number of aromatic hydroxyl groups is 5. The van der Waals surface area contributed by atoms with Gasteiger partial charge >= 0.3 is 0 Å². The molecule has 30 heavy (non-hydrogen) atoms. The lowest BCUT2D eigenvalue weighted by atomic mass is 9.88. The number of carbonyl (C=O) groups excluding carboxylic acids is 1. The van der Waals surface area contributed by atoms with E-state index >= 15 is 0 Å². The van der Waals surface area contributed by atoms with Gasteiger partial charge in [-0.25, -0.2) is 0 Å². The van der Waals surface area contributed by atoms with E-state index < -0.39 is 82.8 Å². The number of phenols is 5. The van der Waals surface area contributed by atoms with E-state index in [4.69, 9.17) is 4.74 Å². The van der Waals surface area contributed by atoms with Crippen LogP contribution in [0.2, 0.25) is 0 Å². The summed E-state index contributed by atoms with van der Waals surface area (Å²) >= 11 is 0. The number of carbonyl (C=O) groups is 1. The Hall–Kier alpha value is -3.09. The number of hydrogen-bond donors (Lipinski definition) is 9. The number of rotatable bonds is 4. The maximum Gasteiger partial charge on any atom is 0.200 e. The van der Waals surface area contributed by atoms with E-state index in [1.165, 1.54) is 0 Å². The van der Waals surface area contributed by atoms with Gasteiger partial charge in [-0.3, -0.25) is 4.79 Å². The van der Waals surface area contributed by atoms with Crippen LogP contribution in [0.5, 0.6) is 28.7 Å². The predicted molar refractivity (Wildman–Crippen MR) is 97.4 cm³/mol. The van der Waals surface area contributed by atoms with Gasteiger partial charge in [0.15, 0.2) is 11.5 Å². The van der Waals surface area contributed by atoms with E-state index in [0.29, 0.717) is 6.07 Å². The molecule has 9 N–H and O–H groups in total. The third kappa shape index (κ3) is 3.49. The topological polar surface area (TPSA) is 208 Å². The molecule has 1 aliphatic rings. The highest BCUT2D eigenvalue weighted by molar-refractivity contribution is 6.13. The second-order valence-electron chi connectivity index (χ2n) is 6.83.